The molecular weight excluding hydrogens is 560 g/mol. The second-order valence-corrected chi connectivity index (χ2v) is 14.4. The van der Waals surface area contributed by atoms with E-state index in [0.717, 1.165) is 12.0 Å². The molecule has 10 heteroatoms. The summed E-state index contributed by atoms with van der Waals surface area (Å²) in [6.07, 6.45) is 0.581. The summed E-state index contributed by atoms with van der Waals surface area (Å²) in [5.74, 6) is -0.838. The zero-order valence-corrected chi connectivity index (χ0v) is 28.8. The number of aliphatic hydroxyl groups excluding tert-OH is 1. The van der Waals surface area contributed by atoms with Gasteiger partial charge in [0.2, 0.25) is 17.7 Å². The van der Waals surface area contributed by atoms with Crippen LogP contribution in [0.3, 0.4) is 0 Å². The van der Waals surface area contributed by atoms with Gasteiger partial charge in [-0.05, 0) is 67.6 Å². The van der Waals surface area contributed by atoms with Crippen LogP contribution in [0.15, 0.2) is 18.2 Å². The summed E-state index contributed by atoms with van der Waals surface area (Å²) in [7, 11) is 1.65. The SMILES string of the molecule is COCCCOc1ccc(C(C)(C)C)cc1NC(=O)C[C@@H](C[C@H](N)[C@@H](O)C[C@H](C(=O)NCC(C)(C)C(N)=O)C(C)C)C(C)C. The first-order chi connectivity index (χ1) is 20.3. The van der Waals surface area contributed by atoms with E-state index in [9.17, 15) is 19.5 Å². The highest BCUT2D eigenvalue weighted by atomic mass is 16.5. The maximum Gasteiger partial charge on any atom is 0.224 e. The Kier molecular flexibility index (Phi) is 15.8. The molecule has 7 N–H and O–H groups in total. The largest absolute Gasteiger partial charge is 0.491 e. The van der Waals surface area contributed by atoms with Gasteiger partial charge in [0.1, 0.15) is 5.75 Å². The van der Waals surface area contributed by atoms with Crippen LogP contribution in [0.4, 0.5) is 5.69 Å². The van der Waals surface area contributed by atoms with Crippen molar-refractivity contribution < 1.29 is 29.0 Å². The van der Waals surface area contributed by atoms with Gasteiger partial charge < -0.3 is 36.7 Å². The molecule has 0 spiro atoms. The number of primary amides is 1. The number of hydrogen-bond donors (Lipinski definition) is 5. The summed E-state index contributed by atoms with van der Waals surface area (Å²) < 4.78 is 11.1. The standard InChI is InChI=1S/C34H60N4O6/c1-21(2)23(16-26(35)28(39)19-25(22(3)4)31(41)37-20-34(8,9)32(36)42)17-30(40)38-27-18-24(33(5,6)7)12-13-29(27)44-15-11-14-43-10/h12-13,18,21-23,25-26,28,39H,11,14-17,19-20,35H2,1-10H3,(H2,36,42)(H,37,41)(H,38,40)/t23-,25+,26+,28+/m1/s1. The number of nitrogens with two attached hydrogens (primary N) is 2. The molecule has 1 aromatic carbocycles. The summed E-state index contributed by atoms with van der Waals surface area (Å²) in [5, 5.41) is 16.9. The summed E-state index contributed by atoms with van der Waals surface area (Å²) in [6.45, 7) is 18.7. The third-order valence-electron chi connectivity index (χ3n) is 8.34. The number of anilines is 1. The van der Waals surface area contributed by atoms with Crippen LogP contribution >= 0.6 is 0 Å². The summed E-state index contributed by atoms with van der Waals surface area (Å²) in [5.41, 5.74) is 12.6. The van der Waals surface area contributed by atoms with Crippen molar-refractivity contribution >= 4 is 23.4 Å². The van der Waals surface area contributed by atoms with E-state index in [1.54, 1.807) is 21.0 Å². The maximum absolute atomic E-state index is 13.3. The third-order valence-corrected chi connectivity index (χ3v) is 8.34. The van der Waals surface area contributed by atoms with Crippen molar-refractivity contribution in [3.05, 3.63) is 23.8 Å². The van der Waals surface area contributed by atoms with Crippen LogP contribution in [-0.4, -0.2) is 61.8 Å². The Hall–Kier alpha value is -2.69. The van der Waals surface area contributed by atoms with Gasteiger partial charge in [-0.2, -0.15) is 0 Å². The molecule has 0 saturated carbocycles. The van der Waals surface area contributed by atoms with Crippen LogP contribution in [0.25, 0.3) is 0 Å². The van der Waals surface area contributed by atoms with Crippen molar-refractivity contribution in [1.29, 1.82) is 0 Å². The molecule has 1 rings (SSSR count). The van der Waals surface area contributed by atoms with Crippen LogP contribution < -0.4 is 26.8 Å². The molecule has 0 aliphatic carbocycles. The second kappa shape index (κ2) is 17.7. The van der Waals surface area contributed by atoms with Crippen LogP contribution in [0.5, 0.6) is 5.75 Å². The molecule has 0 radical (unpaired) electrons. The molecule has 44 heavy (non-hydrogen) atoms. The normalized spacial score (nSPS) is 15.0. The topological polar surface area (TPSA) is 166 Å². The molecular formula is C34H60N4O6. The monoisotopic (exact) mass is 620 g/mol. The molecule has 10 nitrogen and oxygen atoms in total. The number of ether oxygens (including phenoxy) is 2. The first-order valence-electron chi connectivity index (χ1n) is 15.9. The average molecular weight is 621 g/mol. The number of carbonyl (C=O) groups excluding carboxylic acids is 3. The third kappa shape index (κ3) is 13.1. The Balaban J connectivity index is 2.95. The summed E-state index contributed by atoms with van der Waals surface area (Å²) in [6, 6.07) is 5.24. The minimum atomic E-state index is -0.947. The molecule has 4 atom stereocenters. The molecule has 0 heterocycles. The molecule has 1 aromatic rings. The van der Waals surface area contributed by atoms with Gasteiger partial charge in [0.05, 0.1) is 23.8 Å². The fraction of sp³-hybridized carbons (Fsp3) is 0.735. The first kappa shape index (κ1) is 39.3. The van der Waals surface area contributed by atoms with E-state index in [1.807, 2.05) is 45.9 Å². The number of benzene rings is 1. The van der Waals surface area contributed by atoms with Crippen molar-refractivity contribution in [3.8, 4) is 5.75 Å². The van der Waals surface area contributed by atoms with Gasteiger partial charge in [-0.25, -0.2) is 0 Å². The van der Waals surface area contributed by atoms with E-state index < -0.39 is 29.4 Å². The van der Waals surface area contributed by atoms with Crippen LogP contribution in [0, 0.1) is 29.1 Å². The Morgan fingerprint density at radius 3 is 2.14 bits per heavy atom. The Morgan fingerprint density at radius 1 is 0.977 bits per heavy atom. The fourth-order valence-corrected chi connectivity index (χ4v) is 4.79. The molecule has 0 aromatic heterocycles. The Labute approximate surface area is 265 Å². The molecule has 0 bridgehead atoms. The molecule has 0 fully saturated rings. The van der Waals surface area contributed by atoms with Crippen molar-refractivity contribution in [2.24, 2.45) is 40.6 Å². The predicted octanol–water partition coefficient (Wildman–Crippen LogP) is 4.37. The zero-order valence-electron chi connectivity index (χ0n) is 28.8. The molecule has 3 amide bonds. The van der Waals surface area contributed by atoms with Gasteiger partial charge in [-0.1, -0.05) is 54.5 Å². The Bertz CT molecular complexity index is 1070. The maximum atomic E-state index is 13.3. The van der Waals surface area contributed by atoms with Crippen LogP contribution in [0.1, 0.15) is 93.6 Å². The number of methoxy groups -OCH3 is 1. The van der Waals surface area contributed by atoms with Crippen LogP contribution in [-0.2, 0) is 24.5 Å². The average Bonchev–Trinajstić information content (AvgIpc) is 2.91. The lowest BCUT2D eigenvalue weighted by Gasteiger charge is -2.30. The van der Waals surface area contributed by atoms with Crippen LogP contribution in [0.2, 0.25) is 0 Å². The number of hydrogen-bond acceptors (Lipinski definition) is 7. The van der Waals surface area contributed by atoms with E-state index in [2.05, 4.69) is 31.4 Å². The number of rotatable bonds is 19. The van der Waals surface area contributed by atoms with E-state index >= 15 is 0 Å². The van der Waals surface area contributed by atoms with Gasteiger partial charge in [-0.15, -0.1) is 0 Å². The van der Waals surface area contributed by atoms with E-state index in [0.29, 0.717) is 31.1 Å². The summed E-state index contributed by atoms with van der Waals surface area (Å²) >= 11 is 0. The second-order valence-electron chi connectivity index (χ2n) is 14.4. The van der Waals surface area contributed by atoms with E-state index in [1.165, 1.54) is 0 Å². The number of carbonyl (C=O) groups is 3. The summed E-state index contributed by atoms with van der Waals surface area (Å²) in [4.78, 5) is 38.0. The molecule has 0 aliphatic heterocycles. The minimum absolute atomic E-state index is 0.0602. The Morgan fingerprint density at radius 2 is 1.61 bits per heavy atom. The van der Waals surface area contributed by atoms with Gasteiger partial charge in [0, 0.05) is 45.1 Å². The molecule has 0 saturated heterocycles. The lowest BCUT2D eigenvalue weighted by molar-refractivity contribution is -0.130. The minimum Gasteiger partial charge on any atom is -0.491 e. The highest BCUT2D eigenvalue weighted by Gasteiger charge is 2.32. The lowest BCUT2D eigenvalue weighted by Crippen LogP contribution is -2.46. The predicted molar refractivity (Wildman–Crippen MR) is 176 cm³/mol. The highest BCUT2D eigenvalue weighted by Crippen LogP contribution is 2.33. The quantitative estimate of drug-likeness (QED) is 0.143. The van der Waals surface area contributed by atoms with Gasteiger partial charge in [-0.3, -0.25) is 14.4 Å². The van der Waals surface area contributed by atoms with Gasteiger partial charge in [0.15, 0.2) is 0 Å². The molecule has 0 aliphatic rings. The lowest BCUT2D eigenvalue weighted by atomic mass is 9.81. The number of aliphatic hydroxyl groups is 1. The smallest absolute Gasteiger partial charge is 0.224 e. The zero-order chi connectivity index (χ0) is 33.8. The molecule has 252 valence electrons. The number of amides is 3. The van der Waals surface area contributed by atoms with Crippen molar-refractivity contribution in [3.63, 3.8) is 0 Å². The van der Waals surface area contributed by atoms with Crippen molar-refractivity contribution in [2.75, 3.05) is 32.2 Å². The van der Waals surface area contributed by atoms with E-state index in [4.69, 9.17) is 20.9 Å². The first-order valence-corrected chi connectivity index (χ1v) is 15.9. The number of nitrogens with one attached hydrogen (secondary N) is 2. The van der Waals surface area contributed by atoms with Gasteiger partial charge >= 0.3 is 0 Å². The molecule has 0 unspecified atom stereocenters. The fourth-order valence-electron chi connectivity index (χ4n) is 4.79. The highest BCUT2D eigenvalue weighted by molar-refractivity contribution is 5.92. The van der Waals surface area contributed by atoms with Gasteiger partial charge in [0.25, 0.3) is 0 Å². The van der Waals surface area contributed by atoms with E-state index in [-0.39, 0.29) is 54.4 Å². The van der Waals surface area contributed by atoms with Crippen molar-refractivity contribution in [1.82, 2.24) is 5.32 Å². The van der Waals surface area contributed by atoms with Crippen molar-refractivity contribution in [2.45, 2.75) is 106 Å².